The fourth-order valence-corrected chi connectivity index (χ4v) is 2.52. The Balaban J connectivity index is 2.18. The molecule has 0 amide bonds. The first-order valence-electron chi connectivity index (χ1n) is 6.24. The Bertz CT molecular complexity index is 450. The zero-order valence-electron chi connectivity index (χ0n) is 10.5. The number of anilines is 1. The highest BCUT2D eigenvalue weighted by Crippen LogP contribution is 2.30. The molecular weight excluding hydrogens is 279 g/mol. The van der Waals surface area contributed by atoms with E-state index in [9.17, 15) is 13.2 Å². The van der Waals surface area contributed by atoms with Gasteiger partial charge in [0.1, 0.15) is 11.0 Å². The van der Waals surface area contributed by atoms with E-state index >= 15 is 0 Å². The number of nitrogens with one attached hydrogen (secondary N) is 1. The maximum absolute atomic E-state index is 12.6. The summed E-state index contributed by atoms with van der Waals surface area (Å²) in [5.74, 6) is -0.645. The third-order valence-corrected chi connectivity index (χ3v) is 3.59. The summed E-state index contributed by atoms with van der Waals surface area (Å²) in [5, 5.41) is 2.85. The van der Waals surface area contributed by atoms with Gasteiger partial charge in [-0.3, -0.25) is 0 Å². The fourth-order valence-electron chi connectivity index (χ4n) is 2.34. The maximum Gasteiger partial charge on any atom is 0.451 e. The molecule has 0 radical (unpaired) electrons. The molecule has 7 heteroatoms. The molecule has 0 aromatic carbocycles. The zero-order valence-corrected chi connectivity index (χ0v) is 11.2. The summed E-state index contributed by atoms with van der Waals surface area (Å²) in [5.41, 5.74) is 0. The highest BCUT2D eigenvalue weighted by Gasteiger charge is 2.35. The van der Waals surface area contributed by atoms with Crippen LogP contribution in [0.4, 0.5) is 19.0 Å². The zero-order chi connectivity index (χ0) is 14.0. The lowest BCUT2D eigenvalue weighted by molar-refractivity contribution is -0.144. The van der Waals surface area contributed by atoms with Crippen LogP contribution in [0.1, 0.15) is 38.4 Å². The predicted octanol–water partition coefficient (Wildman–Crippen LogP) is 4.14. The van der Waals surface area contributed by atoms with Crippen molar-refractivity contribution >= 4 is 17.4 Å². The van der Waals surface area contributed by atoms with Crippen molar-refractivity contribution in [3.05, 3.63) is 17.0 Å². The second-order valence-electron chi connectivity index (χ2n) is 4.91. The molecule has 106 valence electrons. The van der Waals surface area contributed by atoms with Crippen LogP contribution in [0.3, 0.4) is 0 Å². The Morgan fingerprint density at radius 1 is 1.26 bits per heavy atom. The van der Waals surface area contributed by atoms with E-state index in [1.807, 2.05) is 0 Å². The first-order valence-corrected chi connectivity index (χ1v) is 6.62. The van der Waals surface area contributed by atoms with Crippen molar-refractivity contribution in [2.75, 3.05) is 5.32 Å². The van der Waals surface area contributed by atoms with Crippen molar-refractivity contribution in [2.45, 2.75) is 44.8 Å². The van der Waals surface area contributed by atoms with Gasteiger partial charge in [-0.25, -0.2) is 9.97 Å². The fraction of sp³-hybridized carbons (Fsp3) is 0.667. The summed E-state index contributed by atoms with van der Waals surface area (Å²) in [6, 6.07) is 1.47. The number of rotatable bonds is 2. The van der Waals surface area contributed by atoms with Crippen LogP contribution in [0.25, 0.3) is 0 Å². The Hall–Kier alpha value is -1.04. The SMILES string of the molecule is CC1CCCCC1Nc1cc(Cl)nc(C(F)(F)F)n1. The molecule has 1 aliphatic rings. The minimum atomic E-state index is -4.58. The van der Waals surface area contributed by atoms with Crippen LogP contribution in [0, 0.1) is 5.92 Å². The topological polar surface area (TPSA) is 37.8 Å². The molecule has 3 nitrogen and oxygen atoms in total. The summed E-state index contributed by atoms with van der Waals surface area (Å²) < 4.78 is 37.8. The van der Waals surface area contributed by atoms with Gasteiger partial charge in [-0.15, -0.1) is 0 Å². The van der Waals surface area contributed by atoms with Gasteiger partial charge in [0.2, 0.25) is 5.82 Å². The van der Waals surface area contributed by atoms with Gasteiger partial charge in [0.25, 0.3) is 0 Å². The average molecular weight is 294 g/mol. The summed E-state index contributed by atoms with van der Waals surface area (Å²) in [7, 11) is 0. The molecule has 1 heterocycles. The highest BCUT2D eigenvalue weighted by atomic mass is 35.5. The first-order chi connectivity index (χ1) is 8.86. The van der Waals surface area contributed by atoms with E-state index in [-0.39, 0.29) is 17.0 Å². The molecule has 1 saturated carbocycles. The van der Waals surface area contributed by atoms with Crippen molar-refractivity contribution in [1.29, 1.82) is 0 Å². The van der Waals surface area contributed by atoms with E-state index in [2.05, 4.69) is 22.2 Å². The van der Waals surface area contributed by atoms with Gasteiger partial charge < -0.3 is 5.32 Å². The molecule has 1 aromatic rings. The average Bonchev–Trinajstić information content (AvgIpc) is 2.30. The molecule has 2 atom stereocenters. The second-order valence-corrected chi connectivity index (χ2v) is 5.30. The van der Waals surface area contributed by atoms with Crippen LogP contribution < -0.4 is 5.32 Å². The van der Waals surface area contributed by atoms with Gasteiger partial charge in [-0.2, -0.15) is 13.2 Å². The van der Waals surface area contributed by atoms with Gasteiger partial charge in [0.05, 0.1) is 0 Å². The minimum absolute atomic E-state index is 0.140. The Morgan fingerprint density at radius 3 is 2.58 bits per heavy atom. The largest absolute Gasteiger partial charge is 0.451 e. The van der Waals surface area contributed by atoms with Gasteiger partial charge in [0.15, 0.2) is 0 Å². The van der Waals surface area contributed by atoms with Crippen molar-refractivity contribution in [2.24, 2.45) is 5.92 Å². The van der Waals surface area contributed by atoms with E-state index in [0.717, 1.165) is 25.7 Å². The third kappa shape index (κ3) is 3.72. The molecule has 1 fully saturated rings. The number of hydrogen-bond donors (Lipinski definition) is 1. The van der Waals surface area contributed by atoms with Crippen LogP contribution in [-0.2, 0) is 6.18 Å². The maximum atomic E-state index is 12.6. The molecule has 1 aliphatic carbocycles. The lowest BCUT2D eigenvalue weighted by atomic mass is 9.86. The van der Waals surface area contributed by atoms with Gasteiger partial charge in [-0.1, -0.05) is 31.4 Å². The van der Waals surface area contributed by atoms with E-state index in [4.69, 9.17) is 11.6 Å². The quantitative estimate of drug-likeness (QED) is 0.833. The summed E-state index contributed by atoms with van der Waals surface area (Å²) in [6.45, 7) is 2.09. The van der Waals surface area contributed by atoms with Crippen LogP contribution >= 0.6 is 11.6 Å². The molecular formula is C12H15ClF3N3. The van der Waals surface area contributed by atoms with Crippen molar-refractivity contribution in [3.8, 4) is 0 Å². The summed E-state index contributed by atoms with van der Waals surface area (Å²) in [6.07, 6.45) is -0.336. The van der Waals surface area contributed by atoms with E-state index in [0.29, 0.717) is 5.92 Å². The smallest absolute Gasteiger partial charge is 0.367 e. The summed E-state index contributed by atoms with van der Waals surface area (Å²) >= 11 is 5.62. The molecule has 19 heavy (non-hydrogen) atoms. The minimum Gasteiger partial charge on any atom is -0.367 e. The van der Waals surface area contributed by atoms with Gasteiger partial charge in [-0.05, 0) is 18.8 Å². The Morgan fingerprint density at radius 2 is 1.95 bits per heavy atom. The lowest BCUT2D eigenvalue weighted by Gasteiger charge is -2.30. The highest BCUT2D eigenvalue weighted by molar-refractivity contribution is 6.29. The monoisotopic (exact) mass is 293 g/mol. The van der Waals surface area contributed by atoms with Crippen molar-refractivity contribution in [3.63, 3.8) is 0 Å². The van der Waals surface area contributed by atoms with E-state index in [1.165, 1.54) is 6.07 Å². The lowest BCUT2D eigenvalue weighted by Crippen LogP contribution is -2.31. The second kappa shape index (κ2) is 5.53. The molecule has 1 N–H and O–H groups in total. The van der Waals surface area contributed by atoms with Gasteiger partial charge >= 0.3 is 6.18 Å². The van der Waals surface area contributed by atoms with Crippen LogP contribution in [0.2, 0.25) is 5.15 Å². The predicted molar refractivity (Wildman–Crippen MR) is 67.1 cm³/mol. The molecule has 0 bridgehead atoms. The molecule has 2 rings (SSSR count). The number of halogens is 4. The van der Waals surface area contributed by atoms with Crippen molar-refractivity contribution in [1.82, 2.24) is 9.97 Å². The van der Waals surface area contributed by atoms with Gasteiger partial charge in [0, 0.05) is 12.1 Å². The number of nitrogens with zero attached hydrogens (tertiary/aromatic N) is 2. The molecule has 1 aromatic heterocycles. The normalized spacial score (nSPS) is 24.3. The first kappa shape index (κ1) is 14.4. The Kier molecular flexibility index (Phi) is 4.18. The standard InChI is InChI=1S/C12H15ClF3N3/c1-7-4-2-3-5-8(7)17-10-6-9(13)18-11(19-10)12(14,15)16/h6-8H,2-5H2,1H3,(H,17,18,19). The van der Waals surface area contributed by atoms with Crippen LogP contribution in [0.15, 0.2) is 6.07 Å². The molecule has 0 aliphatic heterocycles. The number of hydrogen-bond acceptors (Lipinski definition) is 3. The molecule has 0 saturated heterocycles. The Labute approximate surface area is 114 Å². The molecule has 0 spiro atoms. The van der Waals surface area contributed by atoms with E-state index in [1.54, 1.807) is 0 Å². The number of alkyl halides is 3. The summed E-state index contributed by atoms with van der Waals surface area (Å²) in [4.78, 5) is 6.71. The third-order valence-electron chi connectivity index (χ3n) is 3.39. The van der Waals surface area contributed by atoms with Crippen LogP contribution in [-0.4, -0.2) is 16.0 Å². The van der Waals surface area contributed by atoms with E-state index < -0.39 is 12.0 Å². The molecule has 2 unspecified atom stereocenters. The van der Waals surface area contributed by atoms with Crippen LogP contribution in [0.5, 0.6) is 0 Å². The number of aromatic nitrogens is 2. The van der Waals surface area contributed by atoms with Crippen molar-refractivity contribution < 1.29 is 13.2 Å².